The topological polar surface area (TPSA) is 331 Å². The second-order valence-corrected chi connectivity index (χ2v) is 32.3. The molecule has 3 rings (SSSR count). The van der Waals surface area contributed by atoms with Crippen LogP contribution in [0.25, 0.3) is 0 Å². The van der Waals surface area contributed by atoms with Crippen LogP contribution in [-0.4, -0.2) is 313 Å². The minimum atomic E-state index is -8.07. The van der Waals surface area contributed by atoms with Crippen LogP contribution in [0.3, 0.4) is 0 Å². The molecular formula is C94H136Cl2F26O26. The summed E-state index contributed by atoms with van der Waals surface area (Å²) in [5.41, 5.74) is -1.58. The first kappa shape index (κ1) is 144. The van der Waals surface area contributed by atoms with Gasteiger partial charge >= 0.3 is 107 Å². The number of ether oxygens (including phenoxy) is 16. The smallest absolute Gasteiger partial charge is 0.460 e. The first-order valence-electron chi connectivity index (χ1n) is 47.0. The Hall–Kier alpha value is -7.64. The molecule has 2 aromatic rings. The van der Waals surface area contributed by atoms with Gasteiger partial charge in [-0.25, -0.2) is 14.4 Å². The summed E-state index contributed by atoms with van der Waals surface area (Å²) in [5, 5.41) is 35.2. The molecule has 2 aromatic carbocycles. The van der Waals surface area contributed by atoms with Crippen LogP contribution in [0.5, 0.6) is 11.5 Å². The van der Waals surface area contributed by atoms with Gasteiger partial charge in [0.1, 0.15) is 11.5 Å². The van der Waals surface area contributed by atoms with Crippen molar-refractivity contribution in [3.05, 3.63) is 96.5 Å². The van der Waals surface area contributed by atoms with Crippen LogP contribution in [0, 0.1) is 17.3 Å². The third-order valence-electron chi connectivity index (χ3n) is 19.9. The number of aliphatic hydroxyl groups excluding tert-OH is 4. The van der Waals surface area contributed by atoms with E-state index in [1.54, 1.807) is 36.4 Å². The van der Waals surface area contributed by atoms with Crippen molar-refractivity contribution in [3.8, 4) is 11.5 Å². The zero-order valence-electron chi connectivity index (χ0n) is 82.2. The Labute approximate surface area is 851 Å². The number of carbonyl (C=O) groups is 6. The lowest BCUT2D eigenvalue weighted by atomic mass is 9.89. The van der Waals surface area contributed by atoms with Crippen LogP contribution in [0.2, 0.25) is 10.0 Å². The summed E-state index contributed by atoms with van der Waals surface area (Å²) in [5.74, 6) is -81.8. The Morgan fingerprint density at radius 3 is 0.885 bits per heavy atom. The average molecular weight is 2250 g/mol. The van der Waals surface area contributed by atoms with E-state index in [2.05, 4.69) is 33.9 Å². The van der Waals surface area contributed by atoms with E-state index in [1.807, 2.05) is 26.0 Å². The Morgan fingerprint density at radius 1 is 0.331 bits per heavy atom. The van der Waals surface area contributed by atoms with Gasteiger partial charge in [-0.1, -0.05) is 76.6 Å². The van der Waals surface area contributed by atoms with E-state index in [1.165, 1.54) is 19.8 Å². The molecule has 0 spiro atoms. The molecule has 1 aliphatic carbocycles. The van der Waals surface area contributed by atoms with Crippen molar-refractivity contribution in [2.75, 3.05) is 185 Å². The number of aliphatic hydroxyl groups is 4. The van der Waals surface area contributed by atoms with E-state index in [0.717, 1.165) is 89.1 Å². The molecule has 864 valence electrons. The van der Waals surface area contributed by atoms with Gasteiger partial charge in [0.15, 0.2) is 0 Å². The maximum Gasteiger partial charge on any atom is 0.460 e. The zero-order valence-corrected chi connectivity index (χ0v) is 83.8. The fourth-order valence-electron chi connectivity index (χ4n) is 11.6. The molecule has 4 N–H and O–H groups in total. The highest BCUT2D eigenvalue weighted by molar-refractivity contribution is 6.30. The quantitative estimate of drug-likeness (QED) is 0.0157. The van der Waals surface area contributed by atoms with Crippen molar-refractivity contribution in [3.63, 3.8) is 0 Å². The maximum absolute atomic E-state index is 14.4. The van der Waals surface area contributed by atoms with Gasteiger partial charge in [0.2, 0.25) is 0 Å². The second kappa shape index (κ2) is 77.6. The third-order valence-corrected chi connectivity index (χ3v) is 20.4. The summed E-state index contributed by atoms with van der Waals surface area (Å²) in [6.45, 7) is 21.9. The van der Waals surface area contributed by atoms with Gasteiger partial charge < -0.3 is 96.2 Å². The third kappa shape index (κ3) is 54.8. The van der Waals surface area contributed by atoms with Crippen molar-refractivity contribution in [1.29, 1.82) is 0 Å². The highest BCUT2D eigenvalue weighted by atomic mass is 35.5. The predicted octanol–water partition coefficient (Wildman–Crippen LogP) is 21.4. The fourth-order valence-corrected chi connectivity index (χ4v) is 11.8. The van der Waals surface area contributed by atoms with Crippen LogP contribution in [0.15, 0.2) is 86.5 Å². The van der Waals surface area contributed by atoms with E-state index < -0.39 is 151 Å². The zero-order chi connectivity index (χ0) is 113. The Morgan fingerprint density at radius 2 is 0.581 bits per heavy atom. The standard InChI is InChI=1S/C47H66ClF13O13.C15H32O5.C13H15ClO3.C11H7F13O2.C6H10O3.C2H6/c1-2-36(39(64)73-32-17-42(49,50)43(51,52)44(53,54)45(55,56)46(57,58)47(59,60)61)37-33-41(37,40(65)74-30-4-3-29-71-35-13-11-34(48)12-14-35)16-15-38(63)72-31-10-28-70-27-9-26-69-25-8-24-68-23-7-22-67-21-6-20-66-19-5-18-62;16-8-5-12-18-10-3-1-2-4-11-19-14-7-15-20-13-6-9-17;1-2-13(15)17-10-4-3-9-16-12-7-5-11(14)6-8-12;1-2-5(25)26-4-3-6(12,13)7(14,15)8(16,17)9(18,19)10(20,21)11(22,23)24;1-2-6(8)9-5-3-4-7;1-2/h11-14,36-37,62H,2-10,15-33H2,1H3;16-17H,1-15H2;2,5-8H,1,3-4,9-10H2;2H,1,3-4H2;2,7H,1,3-5H2;1-2H3. The Kier molecular flexibility index (Phi) is 75.8. The van der Waals surface area contributed by atoms with Crippen LogP contribution in [0.4, 0.5) is 114 Å². The summed E-state index contributed by atoms with van der Waals surface area (Å²) >= 11 is 11.6. The Balaban J connectivity index is -0.00000226. The number of unbranched alkanes of at least 4 members (excludes halogenated alkanes) is 5. The van der Waals surface area contributed by atoms with Crippen molar-refractivity contribution in [1.82, 2.24) is 0 Å². The largest absolute Gasteiger partial charge is 0.494 e. The van der Waals surface area contributed by atoms with Gasteiger partial charge in [-0.05, 0) is 164 Å². The molecule has 148 heavy (non-hydrogen) atoms. The van der Waals surface area contributed by atoms with Gasteiger partial charge in [0.05, 0.1) is 77.0 Å². The molecular weight excluding hydrogens is 2110 g/mol. The first-order valence-corrected chi connectivity index (χ1v) is 47.8. The number of benzene rings is 2. The molecule has 0 radical (unpaired) electrons. The number of hydrogen-bond donors (Lipinski definition) is 4. The van der Waals surface area contributed by atoms with Crippen molar-refractivity contribution in [2.24, 2.45) is 17.3 Å². The minimum Gasteiger partial charge on any atom is -0.494 e. The lowest BCUT2D eigenvalue weighted by Gasteiger charge is -2.39. The van der Waals surface area contributed by atoms with Gasteiger partial charge in [0.25, 0.3) is 0 Å². The molecule has 0 saturated heterocycles. The molecule has 54 heteroatoms. The number of esters is 6. The van der Waals surface area contributed by atoms with Crippen molar-refractivity contribution >= 4 is 59.0 Å². The molecule has 3 unspecified atom stereocenters. The molecule has 26 nitrogen and oxygen atoms in total. The number of alkyl halides is 26. The molecule has 0 amide bonds. The van der Waals surface area contributed by atoms with E-state index >= 15 is 0 Å². The molecule has 1 fully saturated rings. The van der Waals surface area contributed by atoms with Crippen LogP contribution in [0.1, 0.15) is 175 Å². The van der Waals surface area contributed by atoms with E-state index in [0.29, 0.717) is 159 Å². The molecule has 0 bridgehead atoms. The normalized spacial score (nSPS) is 14.3. The van der Waals surface area contributed by atoms with Crippen LogP contribution in [-0.2, 0) is 95.1 Å². The van der Waals surface area contributed by atoms with Gasteiger partial charge in [-0.3, -0.25) is 14.4 Å². The van der Waals surface area contributed by atoms with Crippen LogP contribution >= 0.6 is 23.2 Å². The predicted molar refractivity (Wildman–Crippen MR) is 484 cm³/mol. The summed E-state index contributed by atoms with van der Waals surface area (Å²) in [7, 11) is 0. The van der Waals surface area contributed by atoms with Gasteiger partial charge in [-0.2, -0.15) is 114 Å². The fraction of sp³-hybridized carbons (Fsp3) is 0.745. The highest BCUT2D eigenvalue weighted by Gasteiger charge is 2.92. The lowest BCUT2D eigenvalue weighted by Crippen LogP contribution is -2.70. The average Bonchev–Trinajstić information content (AvgIpc) is 1.01. The molecule has 1 aliphatic rings. The van der Waals surface area contributed by atoms with Crippen molar-refractivity contribution in [2.45, 2.75) is 246 Å². The van der Waals surface area contributed by atoms with E-state index in [4.69, 9.17) is 105 Å². The molecule has 3 atom stereocenters. The first-order chi connectivity index (χ1) is 69.4. The Bertz CT molecular complexity index is 3840. The summed E-state index contributed by atoms with van der Waals surface area (Å²) in [4.78, 5) is 70.9. The second-order valence-electron chi connectivity index (χ2n) is 31.4. The molecule has 0 aliphatic heterocycles. The number of hydrogen-bond acceptors (Lipinski definition) is 26. The van der Waals surface area contributed by atoms with Gasteiger partial charge in [-0.15, -0.1) is 0 Å². The number of rotatable bonds is 79. The van der Waals surface area contributed by atoms with E-state index in [9.17, 15) is 143 Å². The SMILES string of the molecule is C=CC(=O)OCCC(F)(F)C(F)(F)C(F)(F)C(F)(F)C(F)(F)C(F)(F)F.C=CC(=O)OCCCCOc1ccc(Cl)cc1.C=CC(=O)OCCCO.CC.CCC(C(=O)OCCC(F)(F)C(F)(F)C(F)(F)C(F)(F)C(F)(F)C(F)(F)F)C1CC1(CCC(=O)OCCCOCCCOCCCOCCCOCCCOCCCO)C(=O)OCCCCOc1ccc(Cl)cc1.OCCCOCCCCCCOCCCOCCCO. The number of carbonyl (C=O) groups excluding carboxylic acids is 6. The monoisotopic (exact) mass is 2240 g/mol. The van der Waals surface area contributed by atoms with Crippen molar-refractivity contribution < 1.29 is 239 Å². The van der Waals surface area contributed by atoms with Gasteiger partial charge in [0, 0.05) is 180 Å². The summed E-state index contributed by atoms with van der Waals surface area (Å²) < 4.78 is 424. The highest BCUT2D eigenvalue weighted by Crippen LogP contribution is 2.64. The van der Waals surface area contributed by atoms with Crippen LogP contribution < -0.4 is 9.47 Å². The summed E-state index contributed by atoms with van der Waals surface area (Å²) in [6, 6.07) is 13.7. The minimum absolute atomic E-state index is 0.0461. The molecule has 0 aromatic heterocycles. The lowest BCUT2D eigenvalue weighted by molar-refractivity contribution is -0.440. The molecule has 0 heterocycles. The number of halogens is 28. The molecule has 1 saturated carbocycles. The van der Waals surface area contributed by atoms with E-state index in [-0.39, 0.29) is 91.1 Å². The summed E-state index contributed by atoms with van der Waals surface area (Å²) in [6.07, 6.45) is -5.49. The maximum atomic E-state index is 14.4.